The van der Waals surface area contributed by atoms with Crippen molar-refractivity contribution < 1.29 is 14.6 Å². The van der Waals surface area contributed by atoms with E-state index in [9.17, 15) is 9.90 Å². The van der Waals surface area contributed by atoms with Crippen LogP contribution in [-0.4, -0.2) is 35.7 Å². The molecule has 0 radical (unpaired) electrons. The van der Waals surface area contributed by atoms with Crippen LogP contribution in [0.1, 0.15) is 36.9 Å². The van der Waals surface area contributed by atoms with Gasteiger partial charge in [0, 0.05) is 10.0 Å². The molecule has 26 heavy (non-hydrogen) atoms. The zero-order valence-corrected chi connectivity index (χ0v) is 16.5. The van der Waals surface area contributed by atoms with Crippen LogP contribution in [0.2, 0.25) is 0 Å². The lowest BCUT2D eigenvalue weighted by Crippen LogP contribution is -2.39. The maximum atomic E-state index is 11.3. The molecule has 2 aromatic carbocycles. The fourth-order valence-electron chi connectivity index (χ4n) is 3.65. The van der Waals surface area contributed by atoms with Gasteiger partial charge < -0.3 is 9.84 Å². The second-order valence-electron chi connectivity index (χ2n) is 6.58. The fourth-order valence-corrected chi connectivity index (χ4v) is 4.03. The zero-order chi connectivity index (χ0) is 18.5. The number of ether oxygens (including phenoxy) is 1. The highest BCUT2D eigenvalue weighted by molar-refractivity contribution is 9.10. The van der Waals surface area contributed by atoms with E-state index in [1.54, 1.807) is 0 Å². The molecule has 0 spiro atoms. The predicted octanol–water partition coefficient (Wildman–Crippen LogP) is 4.73. The van der Waals surface area contributed by atoms with E-state index in [-0.39, 0.29) is 12.0 Å². The molecule has 3 rings (SSSR count). The van der Waals surface area contributed by atoms with Crippen LogP contribution in [0, 0.1) is 5.92 Å². The van der Waals surface area contributed by atoms with Crippen LogP contribution in [0.15, 0.2) is 53.0 Å². The number of likely N-dealkylation sites (tertiary alicyclic amines) is 1. The molecule has 138 valence electrons. The zero-order valence-electron chi connectivity index (χ0n) is 14.9. The van der Waals surface area contributed by atoms with Gasteiger partial charge in [0.1, 0.15) is 5.75 Å². The molecule has 1 aliphatic rings. The predicted molar refractivity (Wildman–Crippen MR) is 106 cm³/mol. The van der Waals surface area contributed by atoms with Crippen LogP contribution in [0.5, 0.6) is 5.75 Å². The Morgan fingerprint density at radius 2 is 1.92 bits per heavy atom. The smallest absolute Gasteiger partial charge is 0.306 e. The van der Waals surface area contributed by atoms with Crippen molar-refractivity contribution in [2.24, 2.45) is 5.92 Å². The summed E-state index contributed by atoms with van der Waals surface area (Å²) in [6.07, 6.45) is 1.35. The first kappa shape index (κ1) is 18.9. The van der Waals surface area contributed by atoms with Crippen LogP contribution in [0.25, 0.3) is 0 Å². The largest absolute Gasteiger partial charge is 0.494 e. The summed E-state index contributed by atoms with van der Waals surface area (Å²) >= 11 is 3.59. The van der Waals surface area contributed by atoms with Crippen LogP contribution in [0.3, 0.4) is 0 Å². The Hall–Kier alpha value is -1.85. The Morgan fingerprint density at radius 1 is 1.23 bits per heavy atom. The topological polar surface area (TPSA) is 49.8 Å². The first-order valence-electron chi connectivity index (χ1n) is 9.04. The molecule has 0 bridgehead atoms. The molecular weight excluding hydrogens is 394 g/mol. The minimum Gasteiger partial charge on any atom is -0.494 e. The normalized spacial score (nSPS) is 17.0. The number of halogens is 1. The summed E-state index contributed by atoms with van der Waals surface area (Å²) in [5.41, 5.74) is 2.31. The van der Waals surface area contributed by atoms with Gasteiger partial charge in [0.2, 0.25) is 0 Å². The first-order valence-corrected chi connectivity index (χ1v) is 9.83. The van der Waals surface area contributed by atoms with Crippen LogP contribution < -0.4 is 4.74 Å². The second kappa shape index (κ2) is 8.69. The van der Waals surface area contributed by atoms with Crippen molar-refractivity contribution in [3.63, 3.8) is 0 Å². The molecule has 4 nitrogen and oxygen atoms in total. The van der Waals surface area contributed by atoms with E-state index < -0.39 is 5.97 Å². The highest BCUT2D eigenvalue weighted by Gasteiger charge is 2.31. The Balaban J connectivity index is 1.98. The standard InChI is InChI=1S/C21H24BrNO3/c1-2-26-19-9-8-17(22)14-18(19)20(15-6-4-3-5-7-15)23-12-10-16(11-13-23)21(24)25/h3-9,14,16,20H,2,10-13H2,1H3,(H,24,25). The third-order valence-corrected chi connectivity index (χ3v) is 5.42. The molecule has 1 heterocycles. The van der Waals surface area contributed by atoms with Gasteiger partial charge in [-0.1, -0.05) is 46.3 Å². The third kappa shape index (κ3) is 4.27. The minimum atomic E-state index is -0.682. The van der Waals surface area contributed by atoms with Crippen LogP contribution in [0.4, 0.5) is 0 Å². The maximum absolute atomic E-state index is 11.3. The first-order chi connectivity index (χ1) is 12.6. The number of rotatable bonds is 6. The van der Waals surface area contributed by atoms with Gasteiger partial charge in [-0.2, -0.15) is 0 Å². The van der Waals surface area contributed by atoms with Crippen molar-refractivity contribution in [3.8, 4) is 5.75 Å². The van der Waals surface area contributed by atoms with Crippen molar-refractivity contribution in [2.45, 2.75) is 25.8 Å². The highest BCUT2D eigenvalue weighted by Crippen LogP contribution is 2.38. The molecule has 1 saturated heterocycles. The molecule has 0 amide bonds. The Kier molecular flexibility index (Phi) is 6.33. The quantitative estimate of drug-likeness (QED) is 0.737. The number of piperidine rings is 1. The minimum absolute atomic E-state index is 0.0463. The molecular formula is C21H24BrNO3. The SMILES string of the molecule is CCOc1ccc(Br)cc1C(c1ccccc1)N1CCC(C(=O)O)CC1. The molecule has 5 heteroatoms. The molecule has 1 aliphatic heterocycles. The molecule has 1 atom stereocenters. The molecule has 0 aromatic heterocycles. The van der Waals surface area contributed by atoms with E-state index in [4.69, 9.17) is 4.74 Å². The number of carboxylic acid groups (broad SMARTS) is 1. The summed E-state index contributed by atoms with van der Waals surface area (Å²) in [5, 5.41) is 9.30. The second-order valence-corrected chi connectivity index (χ2v) is 7.49. The lowest BCUT2D eigenvalue weighted by Gasteiger charge is -2.37. The number of hydrogen-bond donors (Lipinski definition) is 1. The molecule has 1 N–H and O–H groups in total. The number of benzene rings is 2. The summed E-state index contributed by atoms with van der Waals surface area (Å²) in [5.74, 6) is -0.0418. The van der Waals surface area contributed by atoms with Gasteiger partial charge in [0.25, 0.3) is 0 Å². The van der Waals surface area contributed by atoms with Crippen molar-refractivity contribution in [3.05, 3.63) is 64.1 Å². The maximum Gasteiger partial charge on any atom is 0.306 e. The third-order valence-electron chi connectivity index (χ3n) is 4.93. The molecule has 0 aliphatic carbocycles. The van der Waals surface area contributed by atoms with E-state index in [2.05, 4.69) is 39.0 Å². The monoisotopic (exact) mass is 417 g/mol. The van der Waals surface area contributed by atoms with Crippen molar-refractivity contribution in [1.82, 2.24) is 4.90 Å². The van der Waals surface area contributed by atoms with E-state index in [0.717, 1.165) is 28.9 Å². The van der Waals surface area contributed by atoms with E-state index in [1.807, 2.05) is 37.3 Å². The van der Waals surface area contributed by atoms with E-state index in [1.165, 1.54) is 5.56 Å². The van der Waals surface area contributed by atoms with Gasteiger partial charge in [-0.3, -0.25) is 9.69 Å². The average Bonchev–Trinajstić information content (AvgIpc) is 2.65. The molecule has 1 fully saturated rings. The fraction of sp³-hybridized carbons (Fsp3) is 0.381. The highest BCUT2D eigenvalue weighted by atomic mass is 79.9. The van der Waals surface area contributed by atoms with Gasteiger partial charge in [0.05, 0.1) is 18.6 Å². The van der Waals surface area contributed by atoms with Crippen molar-refractivity contribution in [1.29, 1.82) is 0 Å². The van der Waals surface area contributed by atoms with Gasteiger partial charge in [-0.15, -0.1) is 0 Å². The number of nitrogens with zero attached hydrogens (tertiary/aromatic N) is 1. The van der Waals surface area contributed by atoms with Crippen LogP contribution in [-0.2, 0) is 4.79 Å². The van der Waals surface area contributed by atoms with Gasteiger partial charge in [0.15, 0.2) is 0 Å². The molecule has 2 aromatic rings. The van der Waals surface area contributed by atoms with E-state index >= 15 is 0 Å². The number of aliphatic carboxylic acids is 1. The molecule has 1 unspecified atom stereocenters. The summed E-state index contributed by atoms with van der Waals surface area (Å²) in [7, 11) is 0. The van der Waals surface area contributed by atoms with Gasteiger partial charge in [-0.25, -0.2) is 0 Å². The lowest BCUT2D eigenvalue weighted by molar-refractivity contribution is -0.143. The lowest BCUT2D eigenvalue weighted by atomic mass is 9.91. The average molecular weight is 418 g/mol. The Labute approximate surface area is 162 Å². The Bertz CT molecular complexity index is 742. The summed E-state index contributed by atoms with van der Waals surface area (Å²) in [4.78, 5) is 13.7. The molecule has 0 saturated carbocycles. The van der Waals surface area contributed by atoms with Crippen molar-refractivity contribution in [2.75, 3.05) is 19.7 Å². The summed E-state index contributed by atoms with van der Waals surface area (Å²) in [6.45, 7) is 4.11. The van der Waals surface area contributed by atoms with Crippen LogP contribution >= 0.6 is 15.9 Å². The van der Waals surface area contributed by atoms with Gasteiger partial charge in [-0.05, 0) is 56.6 Å². The van der Waals surface area contributed by atoms with E-state index in [0.29, 0.717) is 19.4 Å². The summed E-state index contributed by atoms with van der Waals surface area (Å²) in [6, 6.07) is 16.5. The van der Waals surface area contributed by atoms with Gasteiger partial charge >= 0.3 is 5.97 Å². The number of hydrogen-bond acceptors (Lipinski definition) is 3. The number of carboxylic acids is 1. The summed E-state index contributed by atoms with van der Waals surface area (Å²) < 4.78 is 6.91. The van der Waals surface area contributed by atoms with Crippen molar-refractivity contribution >= 4 is 21.9 Å². The number of carbonyl (C=O) groups is 1. The Morgan fingerprint density at radius 3 is 2.54 bits per heavy atom.